The summed E-state index contributed by atoms with van der Waals surface area (Å²) in [4.78, 5) is 35.2. The number of anilines is 2. The summed E-state index contributed by atoms with van der Waals surface area (Å²) < 4.78 is 0. The number of carbonyl (C=O) groups excluding carboxylic acids is 2. The molecule has 0 unspecified atom stereocenters. The van der Waals surface area contributed by atoms with E-state index in [-0.39, 0.29) is 23.2 Å². The molecule has 0 aromatic heterocycles. The van der Waals surface area contributed by atoms with Gasteiger partial charge in [0, 0.05) is 35.5 Å². The molecule has 2 amide bonds. The average Bonchev–Trinajstić information content (AvgIpc) is 3.46. The Balaban J connectivity index is 1.77. The van der Waals surface area contributed by atoms with E-state index < -0.39 is 10.8 Å². The first kappa shape index (κ1) is 18.4. The van der Waals surface area contributed by atoms with Crippen molar-refractivity contribution >= 4 is 28.9 Å². The number of rotatable bonds is 7. The quantitative estimate of drug-likeness (QED) is 0.513. The number of benzene rings is 2. The lowest BCUT2D eigenvalue weighted by atomic mass is 10.1. The molecule has 0 bridgehead atoms. The second-order valence-electron chi connectivity index (χ2n) is 6.30. The molecule has 1 saturated carbocycles. The lowest BCUT2D eigenvalue weighted by Gasteiger charge is -2.09. The van der Waals surface area contributed by atoms with E-state index in [9.17, 15) is 19.7 Å². The zero-order chi connectivity index (χ0) is 19.4. The summed E-state index contributed by atoms with van der Waals surface area (Å²) in [6, 6.07) is 11.1. The van der Waals surface area contributed by atoms with Crippen LogP contribution in [0.3, 0.4) is 0 Å². The molecule has 0 aliphatic heterocycles. The van der Waals surface area contributed by atoms with Gasteiger partial charge < -0.3 is 16.0 Å². The van der Waals surface area contributed by atoms with Crippen molar-refractivity contribution in [3.05, 3.63) is 63.7 Å². The Hall–Kier alpha value is -3.42. The summed E-state index contributed by atoms with van der Waals surface area (Å²) >= 11 is 0. The Bertz CT molecular complexity index is 893. The highest BCUT2D eigenvalue weighted by Crippen LogP contribution is 2.31. The van der Waals surface area contributed by atoms with Crippen LogP contribution in [0.1, 0.15) is 40.5 Å². The fourth-order valence-electron chi connectivity index (χ4n) is 2.60. The van der Waals surface area contributed by atoms with Crippen LogP contribution in [0, 0.1) is 10.1 Å². The van der Waals surface area contributed by atoms with Crippen molar-refractivity contribution in [1.82, 2.24) is 5.32 Å². The maximum Gasteiger partial charge on any atom is 0.293 e. The van der Waals surface area contributed by atoms with Crippen molar-refractivity contribution in [2.45, 2.75) is 25.8 Å². The summed E-state index contributed by atoms with van der Waals surface area (Å²) in [6.07, 6.45) is 1.97. The van der Waals surface area contributed by atoms with Gasteiger partial charge in [-0.15, -0.1) is 0 Å². The topological polar surface area (TPSA) is 113 Å². The Morgan fingerprint density at radius 2 is 1.85 bits per heavy atom. The largest absolute Gasteiger partial charge is 0.377 e. The van der Waals surface area contributed by atoms with Crippen LogP contribution in [0.5, 0.6) is 0 Å². The summed E-state index contributed by atoms with van der Waals surface area (Å²) in [6.45, 7) is 2.32. The Kier molecular flexibility index (Phi) is 5.35. The van der Waals surface area contributed by atoms with Gasteiger partial charge in [-0.05, 0) is 50.1 Å². The second-order valence-corrected chi connectivity index (χ2v) is 6.30. The normalized spacial score (nSPS) is 12.9. The summed E-state index contributed by atoms with van der Waals surface area (Å²) in [7, 11) is 0. The molecule has 0 saturated heterocycles. The molecule has 0 radical (unpaired) electrons. The number of amides is 2. The maximum absolute atomic E-state index is 12.5. The van der Waals surface area contributed by atoms with Crippen molar-refractivity contribution < 1.29 is 14.5 Å². The predicted molar refractivity (Wildman–Crippen MR) is 102 cm³/mol. The number of hydrogen-bond donors (Lipinski definition) is 3. The van der Waals surface area contributed by atoms with E-state index in [2.05, 4.69) is 16.0 Å². The molecule has 1 aliphatic rings. The number of hydrogen-bond acceptors (Lipinski definition) is 5. The van der Waals surface area contributed by atoms with E-state index in [1.54, 1.807) is 36.4 Å². The molecule has 0 heterocycles. The van der Waals surface area contributed by atoms with E-state index in [1.165, 1.54) is 6.07 Å². The standard InChI is InChI=1S/C19H20N4O4/c1-2-20-18(24)12-4-3-5-15(10-12)22-19(25)13-6-9-16(21-14-7-8-14)17(11-13)23(26)27/h3-6,9-11,14,21H,2,7-8H2,1H3,(H,20,24)(H,22,25). The van der Waals surface area contributed by atoms with Crippen LogP contribution in [-0.4, -0.2) is 29.3 Å². The lowest BCUT2D eigenvalue weighted by molar-refractivity contribution is -0.384. The van der Waals surface area contributed by atoms with Gasteiger partial charge in [-0.25, -0.2) is 0 Å². The van der Waals surface area contributed by atoms with Gasteiger partial charge in [-0.3, -0.25) is 19.7 Å². The minimum absolute atomic E-state index is 0.134. The number of nitrogens with zero attached hydrogens (tertiary/aromatic N) is 1. The monoisotopic (exact) mass is 368 g/mol. The number of carbonyl (C=O) groups is 2. The third-order valence-electron chi connectivity index (χ3n) is 4.11. The van der Waals surface area contributed by atoms with Gasteiger partial charge in [0.05, 0.1) is 4.92 Å². The van der Waals surface area contributed by atoms with E-state index in [0.29, 0.717) is 23.5 Å². The van der Waals surface area contributed by atoms with Gasteiger partial charge in [-0.2, -0.15) is 0 Å². The number of nitro benzene ring substituents is 1. The smallest absolute Gasteiger partial charge is 0.293 e. The molecule has 27 heavy (non-hydrogen) atoms. The molecule has 140 valence electrons. The lowest BCUT2D eigenvalue weighted by Crippen LogP contribution is -2.22. The predicted octanol–water partition coefficient (Wildman–Crippen LogP) is 3.17. The molecule has 0 spiro atoms. The van der Waals surface area contributed by atoms with E-state index in [0.717, 1.165) is 12.8 Å². The molecular formula is C19H20N4O4. The van der Waals surface area contributed by atoms with Crippen LogP contribution in [0.15, 0.2) is 42.5 Å². The molecule has 3 rings (SSSR count). The summed E-state index contributed by atoms with van der Waals surface area (Å²) in [5, 5.41) is 19.8. The first-order valence-corrected chi connectivity index (χ1v) is 8.72. The molecule has 2 aromatic rings. The van der Waals surface area contributed by atoms with E-state index >= 15 is 0 Å². The Morgan fingerprint density at radius 1 is 1.11 bits per heavy atom. The highest BCUT2D eigenvalue weighted by Gasteiger charge is 2.25. The van der Waals surface area contributed by atoms with Crippen LogP contribution in [-0.2, 0) is 0 Å². The minimum Gasteiger partial charge on any atom is -0.377 e. The van der Waals surface area contributed by atoms with Crippen LogP contribution in [0.4, 0.5) is 17.1 Å². The molecule has 8 nitrogen and oxygen atoms in total. The highest BCUT2D eigenvalue weighted by molar-refractivity contribution is 6.06. The zero-order valence-corrected chi connectivity index (χ0v) is 14.8. The zero-order valence-electron chi connectivity index (χ0n) is 14.8. The summed E-state index contributed by atoms with van der Waals surface area (Å²) in [5.74, 6) is -0.719. The number of nitrogens with one attached hydrogen (secondary N) is 3. The minimum atomic E-state index is -0.503. The Labute approximate surface area is 156 Å². The van der Waals surface area contributed by atoms with Gasteiger partial charge in [0.2, 0.25) is 0 Å². The van der Waals surface area contributed by atoms with Gasteiger partial charge in [0.1, 0.15) is 5.69 Å². The van der Waals surface area contributed by atoms with Gasteiger partial charge >= 0.3 is 0 Å². The van der Waals surface area contributed by atoms with Crippen LogP contribution in [0.2, 0.25) is 0 Å². The van der Waals surface area contributed by atoms with Crippen molar-refractivity contribution in [2.24, 2.45) is 0 Å². The van der Waals surface area contributed by atoms with Crippen molar-refractivity contribution in [3.63, 3.8) is 0 Å². The molecule has 3 N–H and O–H groups in total. The molecule has 8 heteroatoms. The van der Waals surface area contributed by atoms with Gasteiger partial charge in [0.15, 0.2) is 0 Å². The second kappa shape index (κ2) is 7.86. The average molecular weight is 368 g/mol. The molecular weight excluding hydrogens is 348 g/mol. The van der Waals surface area contributed by atoms with E-state index in [1.807, 2.05) is 6.92 Å². The molecule has 1 aliphatic carbocycles. The number of nitro groups is 1. The maximum atomic E-state index is 12.5. The van der Waals surface area contributed by atoms with Crippen LogP contribution < -0.4 is 16.0 Å². The fraction of sp³-hybridized carbons (Fsp3) is 0.263. The van der Waals surface area contributed by atoms with Gasteiger partial charge in [-0.1, -0.05) is 6.07 Å². The fourth-order valence-corrected chi connectivity index (χ4v) is 2.60. The third-order valence-corrected chi connectivity index (χ3v) is 4.11. The van der Waals surface area contributed by atoms with Gasteiger partial charge in [0.25, 0.3) is 17.5 Å². The van der Waals surface area contributed by atoms with Crippen molar-refractivity contribution in [2.75, 3.05) is 17.2 Å². The SMILES string of the molecule is CCNC(=O)c1cccc(NC(=O)c2ccc(NC3CC3)c([N+](=O)[O-])c2)c1. The van der Waals surface area contributed by atoms with Crippen molar-refractivity contribution in [1.29, 1.82) is 0 Å². The highest BCUT2D eigenvalue weighted by atomic mass is 16.6. The first-order valence-electron chi connectivity index (χ1n) is 8.72. The Morgan fingerprint density at radius 3 is 2.52 bits per heavy atom. The molecule has 2 aromatic carbocycles. The van der Waals surface area contributed by atoms with Crippen LogP contribution >= 0.6 is 0 Å². The van der Waals surface area contributed by atoms with E-state index in [4.69, 9.17) is 0 Å². The first-order chi connectivity index (χ1) is 13.0. The molecule has 1 fully saturated rings. The van der Waals surface area contributed by atoms with Crippen LogP contribution in [0.25, 0.3) is 0 Å². The van der Waals surface area contributed by atoms with Crippen molar-refractivity contribution in [3.8, 4) is 0 Å². The molecule has 0 atom stereocenters. The third kappa shape index (κ3) is 4.60. The summed E-state index contributed by atoms with van der Waals surface area (Å²) in [5.41, 5.74) is 1.31.